The van der Waals surface area contributed by atoms with Crippen molar-refractivity contribution in [3.05, 3.63) is 107 Å². The second-order valence-electron chi connectivity index (χ2n) is 10.6. The van der Waals surface area contributed by atoms with Gasteiger partial charge in [0.15, 0.2) is 0 Å². The quantitative estimate of drug-likeness (QED) is 0.374. The number of Topliss-reactive ketones (excluding diaryl/α,β-unsaturated/α-hetero) is 1. The van der Waals surface area contributed by atoms with Gasteiger partial charge < -0.3 is 14.7 Å². The van der Waals surface area contributed by atoms with Gasteiger partial charge in [-0.25, -0.2) is 4.98 Å². The van der Waals surface area contributed by atoms with Gasteiger partial charge in [0.25, 0.3) is 0 Å². The van der Waals surface area contributed by atoms with E-state index in [0.717, 1.165) is 49.7 Å². The lowest BCUT2D eigenvalue weighted by Gasteiger charge is -2.34. The minimum Gasteiger partial charge on any atom is -0.475 e. The van der Waals surface area contributed by atoms with Gasteiger partial charge in [0.05, 0.1) is 11.4 Å². The molecule has 2 heterocycles. The molecule has 1 N–H and O–H groups in total. The van der Waals surface area contributed by atoms with Crippen molar-refractivity contribution in [3.63, 3.8) is 0 Å². The summed E-state index contributed by atoms with van der Waals surface area (Å²) in [5.41, 5.74) is 5.83. The number of para-hydroxylation sites is 1. The van der Waals surface area contributed by atoms with Crippen molar-refractivity contribution in [2.75, 3.05) is 26.2 Å². The predicted octanol–water partition coefficient (Wildman–Crippen LogP) is 5.19. The van der Waals surface area contributed by atoms with Crippen LogP contribution in [0.4, 0.5) is 0 Å². The van der Waals surface area contributed by atoms with Crippen molar-refractivity contribution in [1.29, 1.82) is 0 Å². The van der Waals surface area contributed by atoms with Gasteiger partial charge in [-0.2, -0.15) is 0 Å². The van der Waals surface area contributed by atoms with Crippen LogP contribution in [0.1, 0.15) is 41.0 Å². The fourth-order valence-electron chi connectivity index (χ4n) is 6.13. The van der Waals surface area contributed by atoms with Gasteiger partial charge in [-0.3, -0.25) is 4.79 Å². The maximum atomic E-state index is 14.0. The van der Waals surface area contributed by atoms with Crippen LogP contribution >= 0.6 is 0 Å². The molecular weight excluding hydrogens is 472 g/mol. The molecule has 1 aromatic heterocycles. The number of ether oxygens (including phenoxy) is 1. The van der Waals surface area contributed by atoms with Crippen LogP contribution in [-0.4, -0.2) is 53.1 Å². The average molecular weight is 507 g/mol. The number of carbonyl (C=O) groups excluding carboxylic acids is 1. The van der Waals surface area contributed by atoms with Crippen molar-refractivity contribution >= 4 is 16.7 Å². The van der Waals surface area contributed by atoms with Crippen LogP contribution < -0.4 is 4.74 Å². The molecule has 1 saturated heterocycles. The van der Waals surface area contributed by atoms with Crippen molar-refractivity contribution < 1.29 is 14.6 Å². The molecule has 1 atom stereocenters. The Bertz CT molecular complexity index is 1380. The lowest BCUT2D eigenvalue weighted by molar-refractivity contribution is -0.125. The zero-order valence-corrected chi connectivity index (χ0v) is 21.6. The molecule has 0 saturated carbocycles. The lowest BCUT2D eigenvalue weighted by Crippen LogP contribution is -2.42. The molecule has 1 aliphatic carbocycles. The number of rotatable bonds is 7. The SMILES string of the molecule is O=C(C1CCN(CC(O)COc2ccc3ccccc3n2)CC1)C1c2ccccc2CCc2ccccc21. The zero-order chi connectivity index (χ0) is 25.9. The number of aliphatic hydroxyl groups is 1. The van der Waals surface area contributed by atoms with E-state index in [0.29, 0.717) is 18.2 Å². The Hall–Kier alpha value is -3.54. The number of fused-ring (bicyclic) bond motifs is 3. The molecule has 38 heavy (non-hydrogen) atoms. The van der Waals surface area contributed by atoms with E-state index >= 15 is 0 Å². The number of aromatic nitrogens is 1. The highest BCUT2D eigenvalue weighted by Crippen LogP contribution is 2.38. The standard InChI is InChI=1S/C33H34N2O3/c36-27(22-38-31-16-15-25-9-3-6-12-30(25)34-31)21-35-19-17-26(18-20-35)33(37)32-28-10-4-1-7-23(28)13-14-24-8-2-5-11-29(24)32/h1-12,15-16,26-27,32,36H,13-14,17-22H2. The van der Waals surface area contributed by atoms with E-state index in [1.807, 2.05) is 36.4 Å². The van der Waals surface area contributed by atoms with Crippen LogP contribution in [-0.2, 0) is 17.6 Å². The van der Waals surface area contributed by atoms with Crippen molar-refractivity contribution in [2.45, 2.75) is 37.7 Å². The molecule has 1 unspecified atom stereocenters. The second-order valence-corrected chi connectivity index (χ2v) is 10.6. The molecule has 194 valence electrons. The van der Waals surface area contributed by atoms with E-state index in [2.05, 4.69) is 58.4 Å². The van der Waals surface area contributed by atoms with Crippen LogP contribution in [0, 0.1) is 5.92 Å². The fraction of sp³-hybridized carbons (Fsp3) is 0.333. The molecule has 5 heteroatoms. The minimum atomic E-state index is -0.615. The van der Waals surface area contributed by atoms with Crippen LogP contribution in [0.25, 0.3) is 10.9 Å². The van der Waals surface area contributed by atoms with Crippen LogP contribution in [0.5, 0.6) is 5.88 Å². The molecule has 0 bridgehead atoms. The molecule has 0 radical (unpaired) electrons. The Morgan fingerprint density at radius 1 is 0.868 bits per heavy atom. The number of likely N-dealkylation sites (tertiary alicyclic amines) is 1. The Morgan fingerprint density at radius 2 is 1.50 bits per heavy atom. The molecule has 1 aliphatic heterocycles. The van der Waals surface area contributed by atoms with Gasteiger partial charge in [-0.1, -0.05) is 66.7 Å². The predicted molar refractivity (Wildman–Crippen MR) is 150 cm³/mol. The fourth-order valence-corrected chi connectivity index (χ4v) is 6.13. The summed E-state index contributed by atoms with van der Waals surface area (Å²) < 4.78 is 5.79. The summed E-state index contributed by atoms with van der Waals surface area (Å²) in [7, 11) is 0. The summed E-state index contributed by atoms with van der Waals surface area (Å²) in [5, 5.41) is 11.7. The number of aryl methyl sites for hydroxylation is 2. The van der Waals surface area contributed by atoms with Gasteiger partial charge in [0.1, 0.15) is 18.5 Å². The van der Waals surface area contributed by atoms with E-state index in [-0.39, 0.29) is 18.4 Å². The van der Waals surface area contributed by atoms with Crippen LogP contribution in [0.15, 0.2) is 84.9 Å². The van der Waals surface area contributed by atoms with Crippen molar-refractivity contribution in [3.8, 4) is 5.88 Å². The Kier molecular flexibility index (Phi) is 7.21. The number of ketones is 1. The Morgan fingerprint density at radius 3 is 2.21 bits per heavy atom. The van der Waals surface area contributed by atoms with Crippen LogP contribution in [0.2, 0.25) is 0 Å². The van der Waals surface area contributed by atoms with Crippen LogP contribution in [0.3, 0.4) is 0 Å². The normalized spacial score (nSPS) is 17.4. The van der Waals surface area contributed by atoms with Gasteiger partial charge in [0, 0.05) is 23.9 Å². The molecule has 0 amide bonds. The number of hydrogen-bond acceptors (Lipinski definition) is 5. The Labute approximate surface area is 224 Å². The Balaban J connectivity index is 1.07. The zero-order valence-electron chi connectivity index (χ0n) is 21.6. The number of aliphatic hydroxyl groups excluding tert-OH is 1. The first-order valence-electron chi connectivity index (χ1n) is 13.7. The summed E-state index contributed by atoms with van der Waals surface area (Å²) in [6.07, 6.45) is 2.98. The summed E-state index contributed by atoms with van der Waals surface area (Å²) in [4.78, 5) is 20.8. The summed E-state index contributed by atoms with van der Waals surface area (Å²) in [6, 6.07) is 28.7. The molecular formula is C33H34N2O3. The minimum absolute atomic E-state index is 0.0330. The summed E-state index contributed by atoms with van der Waals surface area (Å²) in [6.45, 7) is 2.33. The van der Waals surface area contributed by atoms with E-state index in [9.17, 15) is 9.90 Å². The molecule has 3 aromatic carbocycles. The highest BCUT2D eigenvalue weighted by Gasteiger charge is 2.35. The largest absolute Gasteiger partial charge is 0.475 e. The van der Waals surface area contributed by atoms with Gasteiger partial charge in [-0.05, 0) is 73.2 Å². The average Bonchev–Trinajstić information content (AvgIpc) is 3.13. The van der Waals surface area contributed by atoms with E-state index < -0.39 is 6.10 Å². The van der Waals surface area contributed by atoms with Gasteiger partial charge in [0.2, 0.25) is 5.88 Å². The highest BCUT2D eigenvalue weighted by molar-refractivity contribution is 5.92. The van der Waals surface area contributed by atoms with E-state index in [1.165, 1.54) is 22.3 Å². The first kappa shape index (κ1) is 24.8. The van der Waals surface area contributed by atoms with Gasteiger partial charge in [-0.15, -0.1) is 0 Å². The summed E-state index contributed by atoms with van der Waals surface area (Å²) in [5.74, 6) is 0.717. The van der Waals surface area contributed by atoms with Crippen molar-refractivity contribution in [1.82, 2.24) is 9.88 Å². The third kappa shape index (κ3) is 5.22. The van der Waals surface area contributed by atoms with Gasteiger partial charge >= 0.3 is 0 Å². The third-order valence-electron chi connectivity index (χ3n) is 8.14. The maximum absolute atomic E-state index is 14.0. The molecule has 1 fully saturated rings. The molecule has 5 nitrogen and oxygen atoms in total. The number of piperidine rings is 1. The summed E-state index contributed by atoms with van der Waals surface area (Å²) >= 11 is 0. The molecule has 0 spiro atoms. The second kappa shape index (κ2) is 11.1. The number of hydrogen-bond donors (Lipinski definition) is 1. The van der Waals surface area contributed by atoms with E-state index in [4.69, 9.17) is 4.74 Å². The number of carbonyl (C=O) groups is 1. The molecule has 6 rings (SSSR count). The number of benzene rings is 3. The molecule has 4 aromatic rings. The monoisotopic (exact) mass is 506 g/mol. The lowest BCUT2D eigenvalue weighted by atomic mass is 9.77. The number of β-amino-alcohol motifs (C(OH)–C–C–N with tert-alkyl or cyclic N) is 1. The topological polar surface area (TPSA) is 62.7 Å². The number of pyridine rings is 1. The first-order chi connectivity index (χ1) is 18.7. The third-order valence-corrected chi connectivity index (χ3v) is 8.14. The van der Waals surface area contributed by atoms with Crippen molar-refractivity contribution in [2.24, 2.45) is 5.92 Å². The highest BCUT2D eigenvalue weighted by atomic mass is 16.5. The smallest absolute Gasteiger partial charge is 0.213 e. The molecule has 2 aliphatic rings. The maximum Gasteiger partial charge on any atom is 0.213 e. The first-order valence-corrected chi connectivity index (χ1v) is 13.7. The van der Waals surface area contributed by atoms with E-state index in [1.54, 1.807) is 0 Å². The number of nitrogens with zero attached hydrogens (tertiary/aromatic N) is 2.